The van der Waals surface area contributed by atoms with Crippen LogP contribution in [0.1, 0.15) is 22.5 Å². The van der Waals surface area contributed by atoms with E-state index in [-0.39, 0.29) is 11.4 Å². The van der Waals surface area contributed by atoms with Gasteiger partial charge in [-0.1, -0.05) is 18.2 Å². The molecule has 0 saturated carbocycles. The average Bonchev–Trinajstić information content (AvgIpc) is 2.40. The summed E-state index contributed by atoms with van der Waals surface area (Å²) in [6, 6.07) is 10.8. The number of aromatic nitrogens is 1. The van der Waals surface area contributed by atoms with Gasteiger partial charge in [-0.25, -0.2) is 13.6 Å². The number of nitrogens with zero attached hydrogens (tertiary/aromatic N) is 1. The summed E-state index contributed by atoms with van der Waals surface area (Å²) in [7, 11) is 0. The maximum atomic E-state index is 12.3. The van der Waals surface area contributed by atoms with Crippen molar-refractivity contribution < 1.29 is 18.3 Å². The fraction of sp³-hybridized carbons (Fsp3) is 0.0769. The van der Waals surface area contributed by atoms with Crippen molar-refractivity contribution in [2.24, 2.45) is 0 Å². The fourth-order valence-corrected chi connectivity index (χ4v) is 1.32. The van der Waals surface area contributed by atoms with Gasteiger partial charge in [0.25, 0.3) is 6.43 Å². The van der Waals surface area contributed by atoms with Gasteiger partial charge in [-0.2, -0.15) is 0 Å². The number of carbonyl (C=O) groups excluding carboxylic acids is 1. The topological polar surface area (TPSA) is 39.2 Å². The summed E-state index contributed by atoms with van der Waals surface area (Å²) >= 11 is 0. The Morgan fingerprint density at radius 2 is 1.83 bits per heavy atom. The second kappa shape index (κ2) is 5.35. The summed E-state index contributed by atoms with van der Waals surface area (Å²) < 4.78 is 29.5. The molecule has 0 unspecified atom stereocenters. The predicted molar refractivity (Wildman–Crippen MR) is 60.6 cm³/mol. The minimum Gasteiger partial charge on any atom is -0.421 e. The van der Waals surface area contributed by atoms with Crippen LogP contribution in [0.25, 0.3) is 0 Å². The van der Waals surface area contributed by atoms with Crippen LogP contribution in [0.2, 0.25) is 0 Å². The minimum absolute atomic E-state index is 0.133. The van der Waals surface area contributed by atoms with Gasteiger partial charge >= 0.3 is 5.97 Å². The Hall–Kier alpha value is -2.30. The molecule has 0 saturated heterocycles. The second-order valence-electron chi connectivity index (χ2n) is 3.48. The van der Waals surface area contributed by atoms with Crippen LogP contribution in [-0.2, 0) is 0 Å². The van der Waals surface area contributed by atoms with Crippen LogP contribution in [0.4, 0.5) is 8.78 Å². The summed E-state index contributed by atoms with van der Waals surface area (Å²) in [5.41, 5.74) is 0.0324. The monoisotopic (exact) mass is 249 g/mol. The van der Waals surface area contributed by atoms with Gasteiger partial charge < -0.3 is 4.74 Å². The summed E-state index contributed by atoms with van der Waals surface area (Å²) in [4.78, 5) is 15.1. The van der Waals surface area contributed by atoms with Gasteiger partial charge in [-0.3, -0.25) is 4.98 Å². The van der Waals surface area contributed by atoms with Crippen LogP contribution in [0.15, 0.2) is 48.7 Å². The predicted octanol–water partition coefficient (Wildman–Crippen LogP) is 3.24. The standard InChI is InChI=1S/C13H9F2NO2/c14-12(15)11-7-6-10(8-16-11)18-13(17)9-4-2-1-3-5-9/h1-8,12H. The van der Waals surface area contributed by atoms with Crippen molar-refractivity contribution in [1.29, 1.82) is 0 Å². The third kappa shape index (κ3) is 2.88. The molecule has 0 atom stereocenters. The molecule has 0 radical (unpaired) electrons. The zero-order chi connectivity index (χ0) is 13.0. The van der Waals surface area contributed by atoms with E-state index in [9.17, 15) is 13.6 Å². The molecule has 0 aliphatic carbocycles. The maximum absolute atomic E-state index is 12.3. The van der Waals surface area contributed by atoms with Crippen molar-refractivity contribution in [3.63, 3.8) is 0 Å². The van der Waals surface area contributed by atoms with Crippen LogP contribution in [0.3, 0.4) is 0 Å². The average molecular weight is 249 g/mol. The number of ether oxygens (including phenoxy) is 1. The molecule has 0 aliphatic heterocycles. The number of esters is 1. The van der Waals surface area contributed by atoms with Crippen LogP contribution < -0.4 is 4.74 Å². The quantitative estimate of drug-likeness (QED) is 0.784. The summed E-state index contributed by atoms with van der Waals surface area (Å²) in [5, 5.41) is 0. The van der Waals surface area contributed by atoms with E-state index in [1.807, 2.05) is 0 Å². The molecule has 3 nitrogen and oxygen atoms in total. The molecule has 0 amide bonds. The number of rotatable bonds is 3. The Bertz CT molecular complexity index is 526. The lowest BCUT2D eigenvalue weighted by atomic mass is 10.2. The molecular weight excluding hydrogens is 240 g/mol. The molecule has 0 N–H and O–H groups in total. The van der Waals surface area contributed by atoms with E-state index in [4.69, 9.17) is 4.74 Å². The van der Waals surface area contributed by atoms with Crippen LogP contribution in [0, 0.1) is 0 Å². The van der Waals surface area contributed by atoms with Crippen LogP contribution in [0.5, 0.6) is 5.75 Å². The number of benzene rings is 1. The lowest BCUT2D eigenvalue weighted by Gasteiger charge is -2.04. The first-order chi connectivity index (χ1) is 8.66. The van der Waals surface area contributed by atoms with Gasteiger partial charge in [0.15, 0.2) is 0 Å². The minimum atomic E-state index is -2.64. The highest BCUT2D eigenvalue weighted by Gasteiger charge is 2.11. The fourth-order valence-electron chi connectivity index (χ4n) is 1.32. The first kappa shape index (κ1) is 12.2. The number of hydrogen-bond acceptors (Lipinski definition) is 3. The molecule has 5 heteroatoms. The van der Waals surface area contributed by atoms with Gasteiger partial charge in [0.2, 0.25) is 0 Å². The normalized spacial score (nSPS) is 10.4. The van der Waals surface area contributed by atoms with Crippen LogP contribution >= 0.6 is 0 Å². The zero-order valence-electron chi connectivity index (χ0n) is 9.22. The van der Waals surface area contributed by atoms with E-state index in [2.05, 4.69) is 4.98 Å². The Morgan fingerprint density at radius 1 is 1.11 bits per heavy atom. The second-order valence-corrected chi connectivity index (χ2v) is 3.48. The Labute approximate surface area is 102 Å². The van der Waals surface area contributed by atoms with Gasteiger partial charge in [0.1, 0.15) is 11.4 Å². The van der Waals surface area contributed by atoms with Crippen molar-refractivity contribution in [1.82, 2.24) is 4.98 Å². The molecular formula is C13H9F2NO2. The van der Waals surface area contributed by atoms with Gasteiger partial charge in [-0.15, -0.1) is 0 Å². The molecule has 0 aliphatic rings. The molecule has 18 heavy (non-hydrogen) atoms. The molecule has 0 spiro atoms. The highest BCUT2D eigenvalue weighted by Crippen LogP contribution is 2.19. The van der Waals surface area contributed by atoms with Crippen molar-refractivity contribution >= 4 is 5.97 Å². The van der Waals surface area contributed by atoms with Crippen molar-refractivity contribution in [3.05, 3.63) is 59.9 Å². The smallest absolute Gasteiger partial charge is 0.343 e. The number of alkyl halides is 2. The molecule has 1 heterocycles. The number of halogens is 2. The molecule has 92 valence electrons. The van der Waals surface area contributed by atoms with E-state index in [1.54, 1.807) is 30.3 Å². The third-order valence-electron chi connectivity index (χ3n) is 2.20. The van der Waals surface area contributed by atoms with Gasteiger partial charge in [0, 0.05) is 0 Å². The number of carbonyl (C=O) groups is 1. The van der Waals surface area contributed by atoms with E-state index in [1.165, 1.54) is 6.07 Å². The third-order valence-corrected chi connectivity index (χ3v) is 2.20. The van der Waals surface area contributed by atoms with E-state index < -0.39 is 12.4 Å². The first-order valence-electron chi connectivity index (χ1n) is 5.18. The number of pyridine rings is 1. The zero-order valence-corrected chi connectivity index (χ0v) is 9.22. The molecule has 1 aromatic carbocycles. The highest BCUT2D eigenvalue weighted by atomic mass is 19.3. The SMILES string of the molecule is O=C(Oc1ccc(C(F)F)nc1)c1ccccc1. The molecule has 1 aromatic heterocycles. The number of hydrogen-bond donors (Lipinski definition) is 0. The largest absolute Gasteiger partial charge is 0.421 e. The van der Waals surface area contributed by atoms with Gasteiger partial charge in [0.05, 0.1) is 11.8 Å². The summed E-state index contributed by atoms with van der Waals surface area (Å²) in [6.07, 6.45) is -1.54. The van der Waals surface area contributed by atoms with E-state index in [0.717, 1.165) is 12.3 Å². The summed E-state index contributed by atoms with van der Waals surface area (Å²) in [6.45, 7) is 0. The van der Waals surface area contributed by atoms with Crippen molar-refractivity contribution in [2.45, 2.75) is 6.43 Å². The maximum Gasteiger partial charge on any atom is 0.343 e. The Balaban J connectivity index is 2.08. The van der Waals surface area contributed by atoms with Crippen molar-refractivity contribution in [3.8, 4) is 5.75 Å². The Morgan fingerprint density at radius 3 is 2.39 bits per heavy atom. The molecule has 2 rings (SSSR count). The summed E-state index contributed by atoms with van der Waals surface area (Å²) in [5.74, 6) is -0.421. The lowest BCUT2D eigenvalue weighted by molar-refractivity contribution is 0.0734. The molecule has 0 bridgehead atoms. The van der Waals surface area contributed by atoms with E-state index >= 15 is 0 Å². The first-order valence-corrected chi connectivity index (χ1v) is 5.18. The molecule has 2 aromatic rings. The Kier molecular flexibility index (Phi) is 3.62. The van der Waals surface area contributed by atoms with Crippen LogP contribution in [-0.4, -0.2) is 11.0 Å². The van der Waals surface area contributed by atoms with Gasteiger partial charge in [-0.05, 0) is 24.3 Å². The highest BCUT2D eigenvalue weighted by molar-refractivity contribution is 5.90. The van der Waals surface area contributed by atoms with E-state index in [0.29, 0.717) is 5.56 Å². The van der Waals surface area contributed by atoms with Crippen molar-refractivity contribution in [2.75, 3.05) is 0 Å². The molecule has 0 fully saturated rings. The lowest BCUT2D eigenvalue weighted by Crippen LogP contribution is -2.08.